The molecule has 0 atom stereocenters. The summed E-state index contributed by atoms with van der Waals surface area (Å²) in [5, 5.41) is 3.18. The first-order valence-electron chi connectivity index (χ1n) is 6.46. The van der Waals surface area contributed by atoms with Gasteiger partial charge in [0.15, 0.2) is 0 Å². The Balaban J connectivity index is 1.82. The molecule has 0 unspecified atom stereocenters. The highest BCUT2D eigenvalue weighted by Gasteiger charge is 2.10. The lowest BCUT2D eigenvalue weighted by Crippen LogP contribution is -2.16. The number of nitrogens with two attached hydrogens (primary N) is 1. The number of aromatic nitrogens is 2. The van der Waals surface area contributed by atoms with Crippen LogP contribution in [0.25, 0.3) is 0 Å². The zero-order valence-electron chi connectivity index (χ0n) is 11.1. The van der Waals surface area contributed by atoms with Crippen LogP contribution in [0.3, 0.4) is 0 Å². The van der Waals surface area contributed by atoms with E-state index in [1.165, 1.54) is 6.07 Å². The van der Waals surface area contributed by atoms with Crippen LogP contribution in [0.2, 0.25) is 0 Å². The van der Waals surface area contributed by atoms with E-state index >= 15 is 0 Å². The van der Waals surface area contributed by atoms with Crippen LogP contribution in [0.5, 0.6) is 0 Å². The second kappa shape index (κ2) is 7.00. The van der Waals surface area contributed by atoms with E-state index in [0.717, 1.165) is 25.9 Å². The molecule has 2 aromatic rings. The number of aryl methyl sites for hydroxylation is 1. The summed E-state index contributed by atoms with van der Waals surface area (Å²) >= 11 is 4.88. The summed E-state index contributed by atoms with van der Waals surface area (Å²) in [7, 11) is 0. The van der Waals surface area contributed by atoms with Gasteiger partial charge in [-0.2, -0.15) is 0 Å². The molecule has 4 nitrogen and oxygen atoms in total. The van der Waals surface area contributed by atoms with Crippen molar-refractivity contribution in [2.24, 2.45) is 5.73 Å². The molecule has 0 aliphatic carbocycles. The third-order valence-corrected chi connectivity index (χ3v) is 3.18. The van der Waals surface area contributed by atoms with Crippen molar-refractivity contribution in [2.75, 3.05) is 11.9 Å². The van der Waals surface area contributed by atoms with Gasteiger partial charge in [0.2, 0.25) is 0 Å². The van der Waals surface area contributed by atoms with Crippen LogP contribution in [-0.2, 0) is 6.54 Å². The Labute approximate surface area is 122 Å². The number of anilines is 1. The zero-order valence-corrected chi connectivity index (χ0v) is 11.9. The molecule has 0 saturated carbocycles. The fourth-order valence-corrected chi connectivity index (χ4v) is 2.19. The van der Waals surface area contributed by atoms with Crippen LogP contribution >= 0.6 is 12.2 Å². The molecular formula is C14H17FN4S. The molecule has 6 heteroatoms. The summed E-state index contributed by atoms with van der Waals surface area (Å²) in [6, 6.07) is 4.79. The molecule has 1 aromatic carbocycles. The molecule has 0 bridgehead atoms. The van der Waals surface area contributed by atoms with Crippen LogP contribution in [0.1, 0.15) is 18.4 Å². The van der Waals surface area contributed by atoms with Gasteiger partial charge in [-0.25, -0.2) is 9.37 Å². The second-order valence-corrected chi connectivity index (χ2v) is 4.90. The molecule has 3 N–H and O–H groups in total. The molecule has 0 radical (unpaired) electrons. The van der Waals surface area contributed by atoms with E-state index in [1.807, 2.05) is 10.8 Å². The lowest BCUT2D eigenvalue weighted by molar-refractivity contribution is 0.618. The summed E-state index contributed by atoms with van der Waals surface area (Å²) in [5.41, 5.74) is 6.49. The molecule has 0 spiro atoms. The molecule has 0 fully saturated rings. The van der Waals surface area contributed by atoms with Gasteiger partial charge >= 0.3 is 0 Å². The number of halogens is 1. The third kappa shape index (κ3) is 3.77. The van der Waals surface area contributed by atoms with Crippen molar-refractivity contribution >= 4 is 22.9 Å². The molecular weight excluding hydrogens is 275 g/mol. The minimum absolute atomic E-state index is 0.0732. The first-order chi connectivity index (χ1) is 9.68. The lowest BCUT2D eigenvalue weighted by atomic mass is 10.1. The van der Waals surface area contributed by atoms with E-state index in [2.05, 4.69) is 10.3 Å². The maximum absolute atomic E-state index is 13.6. The Morgan fingerprint density at radius 2 is 2.25 bits per heavy atom. The van der Waals surface area contributed by atoms with Crippen LogP contribution in [0, 0.1) is 5.82 Å². The second-order valence-electron chi connectivity index (χ2n) is 4.46. The summed E-state index contributed by atoms with van der Waals surface area (Å²) in [5.74, 6) is -0.388. The first kappa shape index (κ1) is 14.5. The van der Waals surface area contributed by atoms with Gasteiger partial charge in [-0.15, -0.1) is 0 Å². The standard InChI is InChI=1S/C14H17FN4S/c15-11-4-3-5-12(13(11)14(16)20)18-6-1-2-8-19-9-7-17-10-19/h3-5,7,9-10,18H,1-2,6,8H2,(H2,16,20). The Kier molecular flexibility index (Phi) is 5.06. The van der Waals surface area contributed by atoms with Gasteiger partial charge in [-0.1, -0.05) is 18.3 Å². The minimum Gasteiger partial charge on any atom is -0.389 e. The predicted molar refractivity (Wildman–Crippen MR) is 82.2 cm³/mol. The topological polar surface area (TPSA) is 55.9 Å². The fraction of sp³-hybridized carbons (Fsp3) is 0.286. The van der Waals surface area contributed by atoms with Crippen molar-refractivity contribution in [3.05, 3.63) is 48.3 Å². The summed E-state index contributed by atoms with van der Waals surface area (Å²) in [6.45, 7) is 1.67. The normalized spacial score (nSPS) is 10.4. The molecule has 0 amide bonds. The number of nitrogens with zero attached hydrogens (tertiary/aromatic N) is 2. The highest BCUT2D eigenvalue weighted by atomic mass is 32.1. The summed E-state index contributed by atoms with van der Waals surface area (Å²) in [6.07, 6.45) is 7.47. The van der Waals surface area contributed by atoms with Crippen LogP contribution in [0.4, 0.5) is 10.1 Å². The van der Waals surface area contributed by atoms with Gasteiger partial charge in [0.25, 0.3) is 0 Å². The van der Waals surface area contributed by atoms with Crippen molar-refractivity contribution < 1.29 is 4.39 Å². The van der Waals surface area contributed by atoms with Crippen LogP contribution < -0.4 is 11.1 Å². The van der Waals surface area contributed by atoms with Crippen LogP contribution in [0.15, 0.2) is 36.9 Å². The molecule has 0 aliphatic rings. The molecule has 2 rings (SSSR count). The van der Waals surface area contributed by atoms with Gasteiger partial charge in [0, 0.05) is 31.2 Å². The smallest absolute Gasteiger partial charge is 0.135 e. The lowest BCUT2D eigenvalue weighted by Gasteiger charge is -2.11. The Hall–Kier alpha value is -1.95. The number of unbranched alkanes of at least 4 members (excludes halogenated alkanes) is 1. The van der Waals surface area contributed by atoms with Gasteiger partial charge in [0.1, 0.15) is 10.8 Å². The van der Waals surface area contributed by atoms with E-state index in [9.17, 15) is 4.39 Å². The van der Waals surface area contributed by atoms with E-state index in [4.69, 9.17) is 18.0 Å². The SMILES string of the molecule is NC(=S)c1c(F)cccc1NCCCCn1ccnc1. The number of rotatable bonds is 7. The van der Waals surface area contributed by atoms with Crippen molar-refractivity contribution in [1.29, 1.82) is 0 Å². The van der Waals surface area contributed by atoms with E-state index in [-0.39, 0.29) is 16.4 Å². The quantitative estimate of drug-likeness (QED) is 0.608. The van der Waals surface area contributed by atoms with Crippen molar-refractivity contribution in [1.82, 2.24) is 9.55 Å². The van der Waals surface area contributed by atoms with Gasteiger partial charge in [-0.05, 0) is 25.0 Å². The van der Waals surface area contributed by atoms with Crippen molar-refractivity contribution in [3.8, 4) is 0 Å². The Morgan fingerprint density at radius 1 is 1.40 bits per heavy atom. The van der Waals surface area contributed by atoms with Crippen molar-refractivity contribution in [3.63, 3.8) is 0 Å². The largest absolute Gasteiger partial charge is 0.389 e. The molecule has 106 valence electrons. The average molecular weight is 292 g/mol. The van der Waals surface area contributed by atoms with E-state index in [1.54, 1.807) is 24.7 Å². The molecule has 20 heavy (non-hydrogen) atoms. The number of hydrogen-bond acceptors (Lipinski definition) is 3. The molecule has 1 heterocycles. The Morgan fingerprint density at radius 3 is 2.95 bits per heavy atom. The maximum atomic E-state index is 13.6. The number of benzene rings is 1. The van der Waals surface area contributed by atoms with Gasteiger partial charge in [0.05, 0.1) is 11.9 Å². The summed E-state index contributed by atoms with van der Waals surface area (Å²) < 4.78 is 15.7. The monoisotopic (exact) mass is 292 g/mol. The van der Waals surface area contributed by atoms with E-state index in [0.29, 0.717) is 5.69 Å². The van der Waals surface area contributed by atoms with E-state index < -0.39 is 0 Å². The third-order valence-electron chi connectivity index (χ3n) is 2.98. The average Bonchev–Trinajstić information content (AvgIpc) is 2.91. The van der Waals surface area contributed by atoms with Gasteiger partial charge < -0.3 is 15.6 Å². The predicted octanol–water partition coefficient (Wildman–Crippen LogP) is 2.55. The summed E-state index contributed by atoms with van der Waals surface area (Å²) in [4.78, 5) is 4.06. The number of nitrogens with one attached hydrogen (secondary N) is 1. The molecule has 0 saturated heterocycles. The number of imidazole rings is 1. The highest BCUT2D eigenvalue weighted by Crippen LogP contribution is 2.18. The first-order valence-corrected chi connectivity index (χ1v) is 6.87. The maximum Gasteiger partial charge on any atom is 0.135 e. The van der Waals surface area contributed by atoms with Gasteiger partial charge in [-0.3, -0.25) is 0 Å². The minimum atomic E-state index is -0.388. The fourth-order valence-electron chi connectivity index (χ4n) is 1.98. The Bertz CT molecular complexity index is 569. The van der Waals surface area contributed by atoms with Crippen molar-refractivity contribution in [2.45, 2.75) is 19.4 Å². The molecule has 0 aliphatic heterocycles. The number of hydrogen-bond donors (Lipinski definition) is 2. The zero-order chi connectivity index (χ0) is 14.4. The number of thiocarbonyl (C=S) groups is 1. The highest BCUT2D eigenvalue weighted by molar-refractivity contribution is 7.80. The molecule has 1 aromatic heterocycles. The van der Waals surface area contributed by atoms with Crippen LogP contribution in [-0.4, -0.2) is 21.1 Å².